The number of anilines is 2. The minimum atomic E-state index is -0.517. The van der Waals surface area contributed by atoms with Crippen molar-refractivity contribution in [3.8, 4) is 69.1 Å². The SMILES string of the molecule is CC(C)(C)OC(=O)NCCN.Cn1ccnc1-c1cc(Cl)cc(-c2nccn2C)n1.Cn1ccnc1-c1cc(NCCN)cc(-c2nccn2C)n1.Cn1ccnc1-c1cc(NCCNC(=O)OC(C)(C)C)cc(-c2nccn2C)n1. The zero-order valence-electron chi connectivity index (χ0n) is 48.0. The van der Waals surface area contributed by atoms with E-state index in [-0.39, 0.29) is 0 Å². The number of alkyl carbamates (subject to hydrolysis) is 2. The summed E-state index contributed by atoms with van der Waals surface area (Å²) in [6.45, 7) is 14.0. The van der Waals surface area contributed by atoms with Crippen LogP contribution < -0.4 is 32.7 Å². The molecule has 0 aliphatic carbocycles. The van der Waals surface area contributed by atoms with E-state index in [1.165, 1.54) is 0 Å². The zero-order valence-corrected chi connectivity index (χ0v) is 48.8. The van der Waals surface area contributed by atoms with Crippen LogP contribution in [0.3, 0.4) is 0 Å². The summed E-state index contributed by atoms with van der Waals surface area (Å²) >= 11 is 6.17. The van der Waals surface area contributed by atoms with Crippen molar-refractivity contribution >= 4 is 35.2 Å². The van der Waals surface area contributed by atoms with Gasteiger partial charge in [0, 0.05) is 172 Å². The Morgan fingerprint density at radius 3 is 0.938 bits per heavy atom. The molecule has 0 aliphatic rings. The highest BCUT2D eigenvalue weighted by atomic mass is 35.5. The van der Waals surface area contributed by atoms with Crippen molar-refractivity contribution in [1.29, 1.82) is 0 Å². The number of aromatic nitrogens is 15. The van der Waals surface area contributed by atoms with Crippen molar-refractivity contribution < 1.29 is 19.1 Å². The molecule has 0 aromatic carbocycles. The zero-order chi connectivity index (χ0) is 58.9. The molecule has 9 heterocycles. The number of amides is 2. The van der Waals surface area contributed by atoms with Crippen molar-refractivity contribution in [3.63, 3.8) is 0 Å². The minimum absolute atomic E-state index is 0.414. The van der Waals surface area contributed by atoms with Gasteiger partial charge >= 0.3 is 12.2 Å². The molecule has 0 unspecified atom stereocenters. The summed E-state index contributed by atoms with van der Waals surface area (Å²) < 4.78 is 21.7. The Hall–Kier alpha value is -8.94. The van der Waals surface area contributed by atoms with Crippen LogP contribution in [0.5, 0.6) is 0 Å². The van der Waals surface area contributed by atoms with Crippen LogP contribution in [0.1, 0.15) is 41.5 Å². The van der Waals surface area contributed by atoms with Crippen molar-refractivity contribution in [3.05, 3.63) is 116 Å². The second kappa shape index (κ2) is 28.3. The van der Waals surface area contributed by atoms with Gasteiger partial charge in [0.15, 0.2) is 34.9 Å². The number of hydrogen-bond acceptors (Lipinski definition) is 17. The second-order valence-electron chi connectivity index (χ2n) is 20.3. The Bertz CT molecular complexity index is 3270. The summed E-state index contributed by atoms with van der Waals surface area (Å²) in [6.07, 6.45) is 20.9. The number of pyridine rings is 3. The molecule has 0 radical (unpaired) electrons. The predicted molar refractivity (Wildman–Crippen MR) is 314 cm³/mol. The molecule has 0 saturated heterocycles. The fraction of sp³-hybridized carbons (Fsp3) is 0.364. The first-order valence-corrected chi connectivity index (χ1v) is 26.3. The summed E-state index contributed by atoms with van der Waals surface area (Å²) in [7, 11) is 11.6. The topological polar surface area (TPSA) is 298 Å². The number of nitrogens with one attached hydrogen (secondary N) is 4. The maximum Gasteiger partial charge on any atom is 0.407 e. The largest absolute Gasteiger partial charge is 0.444 e. The Kier molecular flexibility index (Phi) is 21.4. The van der Waals surface area contributed by atoms with Gasteiger partial charge in [0.2, 0.25) is 0 Å². The minimum Gasteiger partial charge on any atom is -0.444 e. The van der Waals surface area contributed by atoms with Gasteiger partial charge in [-0.05, 0) is 77.9 Å². The van der Waals surface area contributed by atoms with Crippen LogP contribution in [0.25, 0.3) is 69.1 Å². The molecule has 25 nitrogen and oxygen atoms in total. The van der Waals surface area contributed by atoms with E-state index in [9.17, 15) is 9.59 Å². The second-order valence-corrected chi connectivity index (χ2v) is 20.7. The fourth-order valence-electron chi connectivity index (χ4n) is 7.51. The third kappa shape index (κ3) is 18.3. The Morgan fingerprint density at radius 1 is 0.432 bits per heavy atom. The van der Waals surface area contributed by atoms with E-state index in [4.69, 9.17) is 42.5 Å². The molecule has 81 heavy (non-hydrogen) atoms. The van der Waals surface area contributed by atoms with Crippen LogP contribution in [0.4, 0.5) is 21.0 Å². The predicted octanol–water partition coefficient (Wildman–Crippen LogP) is 7.08. The lowest BCUT2D eigenvalue weighted by Gasteiger charge is -2.19. The van der Waals surface area contributed by atoms with Gasteiger partial charge in [-0.2, -0.15) is 0 Å². The molecule has 2 amide bonds. The fourth-order valence-corrected chi connectivity index (χ4v) is 7.72. The number of nitrogens with zero attached hydrogens (tertiary/aromatic N) is 15. The Labute approximate surface area is 476 Å². The number of rotatable bonds is 15. The van der Waals surface area contributed by atoms with Crippen molar-refractivity contribution in [2.75, 3.05) is 49.9 Å². The van der Waals surface area contributed by atoms with Crippen LogP contribution in [-0.4, -0.2) is 135 Å². The molecule has 0 bridgehead atoms. The van der Waals surface area contributed by atoms with Crippen LogP contribution in [0.15, 0.2) is 111 Å². The van der Waals surface area contributed by atoms with Crippen molar-refractivity contribution in [1.82, 2.24) is 82.9 Å². The molecule has 430 valence electrons. The van der Waals surface area contributed by atoms with E-state index >= 15 is 0 Å². The maximum atomic E-state index is 11.8. The molecule has 0 atom stereocenters. The third-order valence-corrected chi connectivity index (χ3v) is 11.4. The van der Waals surface area contributed by atoms with Gasteiger partial charge in [0.1, 0.15) is 45.4 Å². The van der Waals surface area contributed by atoms with Gasteiger partial charge in [-0.25, -0.2) is 54.4 Å². The monoisotopic (exact) mass is 1130 g/mol. The average Bonchev–Trinajstić information content (AvgIpc) is 4.31. The molecular weight excluding hydrogens is 1050 g/mol. The maximum absolute atomic E-state index is 11.8. The molecule has 0 fully saturated rings. The van der Waals surface area contributed by atoms with E-state index in [0.29, 0.717) is 44.3 Å². The summed E-state index contributed by atoms with van der Waals surface area (Å²) in [5.74, 6) is 4.70. The number of halogens is 1. The first-order chi connectivity index (χ1) is 38.5. The average molecular weight is 1130 g/mol. The Balaban J connectivity index is 0.000000182. The first-order valence-electron chi connectivity index (χ1n) is 25.9. The molecule has 9 rings (SSSR count). The normalized spacial score (nSPS) is 11.0. The van der Waals surface area contributed by atoms with E-state index in [0.717, 1.165) is 80.5 Å². The van der Waals surface area contributed by atoms with Gasteiger partial charge in [0.25, 0.3) is 0 Å². The van der Waals surface area contributed by atoms with Crippen LogP contribution >= 0.6 is 11.6 Å². The molecule has 26 heteroatoms. The van der Waals surface area contributed by atoms with Crippen molar-refractivity contribution in [2.45, 2.75) is 52.7 Å². The van der Waals surface area contributed by atoms with Gasteiger partial charge in [-0.3, -0.25) is 0 Å². The van der Waals surface area contributed by atoms with E-state index < -0.39 is 23.4 Å². The highest BCUT2D eigenvalue weighted by molar-refractivity contribution is 6.31. The highest BCUT2D eigenvalue weighted by Gasteiger charge is 2.18. The van der Waals surface area contributed by atoms with Crippen molar-refractivity contribution in [2.24, 2.45) is 53.8 Å². The molecular formula is C55H74ClN21O4. The molecule has 9 aromatic heterocycles. The van der Waals surface area contributed by atoms with Crippen LogP contribution in [0.2, 0.25) is 5.02 Å². The number of imidazole rings is 6. The smallest absolute Gasteiger partial charge is 0.407 e. The molecule has 0 aliphatic heterocycles. The third-order valence-electron chi connectivity index (χ3n) is 11.2. The van der Waals surface area contributed by atoms with Gasteiger partial charge in [-0.15, -0.1) is 0 Å². The Morgan fingerprint density at radius 2 is 0.691 bits per heavy atom. The number of hydrogen-bond donors (Lipinski definition) is 6. The summed E-state index contributed by atoms with van der Waals surface area (Å²) in [5.41, 5.74) is 16.2. The van der Waals surface area contributed by atoms with Crippen LogP contribution in [0, 0.1) is 0 Å². The lowest BCUT2D eigenvalue weighted by atomic mass is 10.2. The highest BCUT2D eigenvalue weighted by Crippen LogP contribution is 2.28. The van der Waals surface area contributed by atoms with E-state index in [1.807, 2.05) is 173 Å². The molecule has 0 saturated carbocycles. The number of carbonyl (C=O) groups is 2. The van der Waals surface area contributed by atoms with Gasteiger partial charge in [-0.1, -0.05) is 11.6 Å². The van der Waals surface area contributed by atoms with E-state index in [2.05, 4.69) is 56.2 Å². The number of carbonyl (C=O) groups excluding carboxylic acids is 2. The lowest BCUT2D eigenvalue weighted by molar-refractivity contribution is 0.0518. The summed E-state index contributed by atoms with van der Waals surface area (Å²) in [4.78, 5) is 62.8. The van der Waals surface area contributed by atoms with Gasteiger partial charge < -0.3 is 69.6 Å². The van der Waals surface area contributed by atoms with Crippen LogP contribution in [-0.2, 0) is 51.8 Å². The van der Waals surface area contributed by atoms with E-state index in [1.54, 1.807) is 49.3 Å². The molecule has 8 N–H and O–H groups in total. The first kappa shape index (κ1) is 61.3. The number of aryl methyl sites for hydroxylation is 6. The quantitative estimate of drug-likeness (QED) is 0.0559. The van der Waals surface area contributed by atoms with Gasteiger partial charge in [0.05, 0.1) is 0 Å². The molecule has 0 spiro atoms. The standard InChI is InChI=1S/C20H27N7O2.C15H19N7.C13H12ClN5.C7H16N2O2/c1-20(2,3)29-19(28)24-7-6-21-14-12-15(17-22-8-10-26(17)4)25-16(13-14)18-23-9-11-27(18)5;1-21-7-5-18-14(21)12-9-11(17-4-3-16)10-13(20-12)15-19-6-8-22(15)2;1-18-5-3-15-12(18)10-7-9(14)8-11(17-10)13-16-4-6-19(13)2;1-7(2,3)11-6(10)9-5-4-8/h8-13H,6-7H2,1-5H3,(H,21,25)(H,24,28);5-10H,3-4,16H2,1-2H3,(H,17,20);3-8H,1-2H3;4-5,8H2,1-3H3,(H,9,10). The number of ether oxygens (including phenoxy) is 2. The summed E-state index contributed by atoms with van der Waals surface area (Å²) in [5, 5.41) is 12.5. The molecule has 9 aromatic rings. The number of nitrogens with two attached hydrogens (primary N) is 2. The summed E-state index contributed by atoms with van der Waals surface area (Å²) in [6, 6.07) is 11.4. The lowest BCUT2D eigenvalue weighted by Crippen LogP contribution is -2.35.